The summed E-state index contributed by atoms with van der Waals surface area (Å²) in [7, 11) is -3.85. The van der Waals surface area contributed by atoms with Crippen LogP contribution >= 0.6 is 0 Å². The molecule has 1 aliphatic rings. The van der Waals surface area contributed by atoms with Crippen molar-refractivity contribution >= 4 is 26.8 Å². The molecule has 7 nitrogen and oxygen atoms in total. The summed E-state index contributed by atoms with van der Waals surface area (Å²) < 4.78 is 53.2. The Bertz CT molecular complexity index is 1240. The van der Waals surface area contributed by atoms with E-state index in [2.05, 4.69) is 10.3 Å². The zero-order chi connectivity index (χ0) is 21.5. The van der Waals surface area contributed by atoms with E-state index in [1.54, 1.807) is 16.8 Å². The molecule has 2 N–H and O–H groups in total. The Morgan fingerprint density at radius 1 is 1.27 bits per heavy atom. The number of benzene rings is 1. The molecule has 3 aromatic rings. The lowest BCUT2D eigenvalue weighted by Crippen LogP contribution is -2.38. The first-order valence-electron chi connectivity index (χ1n) is 9.34. The highest BCUT2D eigenvalue weighted by molar-refractivity contribution is 7.91. The van der Waals surface area contributed by atoms with E-state index >= 15 is 0 Å². The normalized spacial score (nSPS) is 16.5. The fraction of sp³-hybridized carbons (Fsp3) is 0.300. The third-order valence-electron chi connectivity index (χ3n) is 5.32. The van der Waals surface area contributed by atoms with Crippen molar-refractivity contribution in [1.29, 1.82) is 0 Å². The van der Waals surface area contributed by atoms with Crippen LogP contribution < -0.4 is 5.32 Å². The highest BCUT2D eigenvalue weighted by Gasteiger charge is 2.28. The number of aliphatic carboxylic acids is 1. The standard InChI is InChI=1S/C20H19F2N3O4S/c21-15-5-4-13(9-16(15)22)30(28,29)11-24-12-3-6-17-14(8-12)20-18(2-1-7-23-20)25(17)10-19(26)27/h1-2,4-5,7,9,12,24H,3,6,8,10-11H2,(H,26,27). The first-order valence-corrected chi connectivity index (χ1v) is 11.0. The summed E-state index contributed by atoms with van der Waals surface area (Å²) in [5.41, 5.74) is 3.25. The number of rotatable bonds is 6. The molecule has 1 aliphatic carbocycles. The van der Waals surface area contributed by atoms with Gasteiger partial charge in [-0.2, -0.15) is 0 Å². The topological polar surface area (TPSA) is 101 Å². The number of hydrogen-bond donors (Lipinski definition) is 2. The van der Waals surface area contributed by atoms with Crippen LogP contribution in [0.4, 0.5) is 8.78 Å². The number of fused-ring (bicyclic) bond motifs is 3. The maximum absolute atomic E-state index is 13.4. The third kappa shape index (κ3) is 3.80. The largest absolute Gasteiger partial charge is 0.480 e. The lowest BCUT2D eigenvalue weighted by molar-refractivity contribution is -0.137. The Hall–Kier alpha value is -2.85. The van der Waals surface area contributed by atoms with Crippen LogP contribution in [0.15, 0.2) is 41.4 Å². The lowest BCUT2D eigenvalue weighted by Gasteiger charge is -2.24. The number of nitrogens with zero attached hydrogens (tertiary/aromatic N) is 2. The highest BCUT2D eigenvalue weighted by Crippen LogP contribution is 2.31. The van der Waals surface area contributed by atoms with Gasteiger partial charge in [-0.05, 0) is 49.6 Å². The second-order valence-electron chi connectivity index (χ2n) is 7.26. The number of carbonyl (C=O) groups is 1. The first kappa shape index (κ1) is 20.4. The highest BCUT2D eigenvalue weighted by atomic mass is 32.2. The molecule has 158 valence electrons. The van der Waals surface area contributed by atoms with E-state index < -0.39 is 33.3 Å². The van der Waals surface area contributed by atoms with Crippen LogP contribution in [-0.4, -0.2) is 41.0 Å². The van der Waals surface area contributed by atoms with E-state index in [9.17, 15) is 27.1 Å². The van der Waals surface area contributed by atoms with Crippen LogP contribution in [0, 0.1) is 11.6 Å². The Kier molecular flexibility index (Phi) is 5.29. The monoisotopic (exact) mass is 435 g/mol. The van der Waals surface area contributed by atoms with E-state index in [0.717, 1.165) is 28.9 Å². The summed E-state index contributed by atoms with van der Waals surface area (Å²) in [4.78, 5) is 15.4. The number of pyridine rings is 1. The average Bonchev–Trinajstić information content (AvgIpc) is 3.01. The maximum atomic E-state index is 13.4. The van der Waals surface area contributed by atoms with E-state index in [0.29, 0.717) is 30.8 Å². The van der Waals surface area contributed by atoms with Crippen molar-refractivity contribution in [2.24, 2.45) is 0 Å². The predicted molar refractivity (Wildman–Crippen MR) is 105 cm³/mol. The minimum Gasteiger partial charge on any atom is -0.480 e. The number of carboxylic acids is 1. The molecule has 0 bridgehead atoms. The molecule has 0 radical (unpaired) electrons. The molecule has 0 aliphatic heterocycles. The molecule has 30 heavy (non-hydrogen) atoms. The molecule has 0 fully saturated rings. The molecule has 0 amide bonds. The van der Waals surface area contributed by atoms with E-state index in [1.807, 2.05) is 6.07 Å². The Morgan fingerprint density at radius 3 is 2.80 bits per heavy atom. The minimum atomic E-state index is -3.85. The number of nitrogens with one attached hydrogen (secondary N) is 1. The van der Waals surface area contributed by atoms with E-state index in [4.69, 9.17) is 0 Å². The Balaban J connectivity index is 1.55. The summed E-state index contributed by atoms with van der Waals surface area (Å²) in [6, 6.07) is 5.89. The summed E-state index contributed by atoms with van der Waals surface area (Å²) in [6.07, 6.45) is 3.30. The lowest BCUT2D eigenvalue weighted by atomic mass is 9.92. The van der Waals surface area contributed by atoms with Gasteiger partial charge in [0.1, 0.15) is 12.4 Å². The molecule has 2 heterocycles. The van der Waals surface area contributed by atoms with Gasteiger partial charge in [-0.25, -0.2) is 17.2 Å². The zero-order valence-corrected chi connectivity index (χ0v) is 16.6. The van der Waals surface area contributed by atoms with E-state index in [-0.39, 0.29) is 17.5 Å². The van der Waals surface area contributed by atoms with Gasteiger partial charge in [0, 0.05) is 23.5 Å². The molecule has 2 aromatic heterocycles. The summed E-state index contributed by atoms with van der Waals surface area (Å²) >= 11 is 0. The van der Waals surface area contributed by atoms with Crippen molar-refractivity contribution in [3.8, 4) is 0 Å². The number of halogens is 2. The molecule has 10 heteroatoms. The Labute approximate surface area is 171 Å². The van der Waals surface area contributed by atoms with Gasteiger partial charge in [-0.3, -0.25) is 9.78 Å². The van der Waals surface area contributed by atoms with Gasteiger partial charge in [0.15, 0.2) is 21.5 Å². The SMILES string of the molecule is O=C(O)Cn1c2c(c3ncccc31)CC(NCS(=O)(=O)c1ccc(F)c(F)c1)CC2. The maximum Gasteiger partial charge on any atom is 0.323 e. The number of carboxylic acid groups (broad SMARTS) is 1. The van der Waals surface area contributed by atoms with Crippen LogP contribution in [0.25, 0.3) is 11.0 Å². The smallest absolute Gasteiger partial charge is 0.323 e. The average molecular weight is 435 g/mol. The van der Waals surface area contributed by atoms with Gasteiger partial charge in [-0.15, -0.1) is 0 Å². The van der Waals surface area contributed by atoms with Crippen molar-refractivity contribution in [3.05, 3.63) is 59.4 Å². The summed E-state index contributed by atoms with van der Waals surface area (Å²) in [5, 5.41) is 12.2. The predicted octanol–water partition coefficient (Wildman–Crippen LogP) is 2.28. The minimum absolute atomic E-state index is 0.167. The van der Waals surface area contributed by atoms with Gasteiger partial charge in [0.25, 0.3) is 0 Å². The molecule has 1 aromatic carbocycles. The van der Waals surface area contributed by atoms with Crippen molar-refractivity contribution in [1.82, 2.24) is 14.9 Å². The van der Waals surface area contributed by atoms with E-state index in [1.165, 1.54) is 0 Å². The van der Waals surface area contributed by atoms with Crippen molar-refractivity contribution < 1.29 is 27.1 Å². The van der Waals surface area contributed by atoms with Crippen LogP contribution in [0.5, 0.6) is 0 Å². The first-order chi connectivity index (χ1) is 14.3. The molecule has 1 unspecified atom stereocenters. The second kappa shape index (κ2) is 7.77. The molecule has 0 saturated carbocycles. The van der Waals surface area contributed by atoms with Crippen LogP contribution in [0.2, 0.25) is 0 Å². The zero-order valence-electron chi connectivity index (χ0n) is 15.8. The van der Waals surface area contributed by atoms with Gasteiger partial charge >= 0.3 is 5.97 Å². The van der Waals surface area contributed by atoms with Gasteiger partial charge in [0.05, 0.1) is 15.9 Å². The molecular formula is C20H19F2N3O4S. The molecule has 0 saturated heterocycles. The van der Waals surface area contributed by atoms with Gasteiger partial charge < -0.3 is 15.0 Å². The van der Waals surface area contributed by atoms with Crippen molar-refractivity contribution in [2.75, 3.05) is 5.88 Å². The molecule has 0 spiro atoms. The van der Waals surface area contributed by atoms with Crippen molar-refractivity contribution in [2.45, 2.75) is 36.7 Å². The van der Waals surface area contributed by atoms with Crippen molar-refractivity contribution in [3.63, 3.8) is 0 Å². The second-order valence-corrected chi connectivity index (χ2v) is 9.24. The summed E-state index contributed by atoms with van der Waals surface area (Å²) in [6.45, 7) is -0.167. The third-order valence-corrected chi connectivity index (χ3v) is 6.84. The van der Waals surface area contributed by atoms with Gasteiger partial charge in [-0.1, -0.05) is 0 Å². The quantitative estimate of drug-likeness (QED) is 0.576. The van der Waals surface area contributed by atoms with Crippen LogP contribution in [0.1, 0.15) is 17.7 Å². The fourth-order valence-corrected chi connectivity index (χ4v) is 5.10. The Morgan fingerprint density at radius 2 is 2.07 bits per heavy atom. The fourth-order valence-electron chi connectivity index (χ4n) is 3.92. The number of aromatic nitrogens is 2. The summed E-state index contributed by atoms with van der Waals surface area (Å²) in [5.74, 6) is -3.68. The van der Waals surface area contributed by atoms with Crippen LogP contribution in [-0.2, 0) is 34.0 Å². The molecule has 4 rings (SSSR count). The molecular weight excluding hydrogens is 416 g/mol. The number of sulfone groups is 1. The molecule has 1 atom stereocenters. The van der Waals surface area contributed by atoms with Gasteiger partial charge in [0.2, 0.25) is 0 Å². The number of hydrogen-bond acceptors (Lipinski definition) is 5. The van der Waals surface area contributed by atoms with Crippen LogP contribution in [0.3, 0.4) is 0 Å².